The van der Waals surface area contributed by atoms with Crippen molar-refractivity contribution < 1.29 is 9.53 Å². The number of carbonyl (C=O) groups excluding carboxylic acids is 1. The van der Waals surface area contributed by atoms with E-state index in [2.05, 4.69) is 20.9 Å². The fourth-order valence-corrected chi connectivity index (χ4v) is 3.37. The van der Waals surface area contributed by atoms with Crippen LogP contribution >= 0.6 is 15.9 Å². The monoisotopic (exact) mass is 426 g/mol. The molecular weight excluding hydrogens is 408 g/mol. The first kappa shape index (κ1) is 17.9. The van der Waals surface area contributed by atoms with Gasteiger partial charge in [-0.15, -0.1) is 0 Å². The Bertz CT molecular complexity index is 1040. The van der Waals surface area contributed by atoms with E-state index < -0.39 is 0 Å². The molecule has 138 valence electrons. The molecule has 0 amide bonds. The Morgan fingerprint density at radius 1 is 1.15 bits per heavy atom. The number of aryl methyl sites for hydroxylation is 1. The van der Waals surface area contributed by atoms with Gasteiger partial charge in [-0.2, -0.15) is 0 Å². The Morgan fingerprint density at radius 2 is 1.89 bits per heavy atom. The Balaban J connectivity index is 1.46. The molecule has 1 aromatic heterocycles. The van der Waals surface area contributed by atoms with Crippen molar-refractivity contribution in [3.63, 3.8) is 0 Å². The van der Waals surface area contributed by atoms with Gasteiger partial charge in [0.05, 0.1) is 17.3 Å². The van der Waals surface area contributed by atoms with Gasteiger partial charge in [-0.05, 0) is 42.7 Å². The lowest BCUT2D eigenvalue weighted by molar-refractivity contribution is -0.144. The standard InChI is InChI=1S/C21H19BrN2O3/c22-15-7-5-14(6-8-15)13-27-20(25)12-11-19-23-18-4-2-1-3-17(18)21(26)24(19)16-9-10-16/h1-8,16H,9-13H2. The quantitative estimate of drug-likeness (QED) is 0.554. The van der Waals surface area contributed by atoms with Gasteiger partial charge >= 0.3 is 5.97 Å². The molecule has 27 heavy (non-hydrogen) atoms. The van der Waals surface area contributed by atoms with Crippen molar-refractivity contribution in [3.8, 4) is 0 Å². The zero-order valence-corrected chi connectivity index (χ0v) is 16.3. The van der Waals surface area contributed by atoms with E-state index in [-0.39, 0.29) is 30.6 Å². The van der Waals surface area contributed by atoms with Crippen molar-refractivity contribution in [2.75, 3.05) is 0 Å². The van der Waals surface area contributed by atoms with E-state index in [1.807, 2.05) is 42.5 Å². The molecule has 1 heterocycles. The number of para-hydroxylation sites is 1. The maximum absolute atomic E-state index is 12.8. The Hall–Kier alpha value is -2.47. The molecule has 0 radical (unpaired) electrons. The topological polar surface area (TPSA) is 61.2 Å². The summed E-state index contributed by atoms with van der Waals surface area (Å²) in [4.78, 5) is 29.6. The van der Waals surface area contributed by atoms with Crippen molar-refractivity contribution in [3.05, 3.63) is 74.7 Å². The summed E-state index contributed by atoms with van der Waals surface area (Å²) in [6.07, 6.45) is 2.58. The summed E-state index contributed by atoms with van der Waals surface area (Å²) in [7, 11) is 0. The molecule has 1 saturated carbocycles. The van der Waals surface area contributed by atoms with Crippen molar-refractivity contribution >= 4 is 32.8 Å². The molecule has 4 rings (SSSR count). The summed E-state index contributed by atoms with van der Waals surface area (Å²) in [5.41, 5.74) is 1.60. The molecule has 3 aromatic rings. The second kappa shape index (κ2) is 7.64. The zero-order valence-electron chi connectivity index (χ0n) is 14.7. The first-order valence-electron chi connectivity index (χ1n) is 9.02. The van der Waals surface area contributed by atoms with E-state index in [0.29, 0.717) is 23.1 Å². The highest BCUT2D eigenvalue weighted by Gasteiger charge is 2.28. The zero-order chi connectivity index (χ0) is 18.8. The third-order valence-electron chi connectivity index (χ3n) is 4.66. The number of nitrogens with zero attached hydrogens (tertiary/aromatic N) is 2. The second-order valence-electron chi connectivity index (χ2n) is 6.74. The number of esters is 1. The first-order chi connectivity index (χ1) is 13.1. The van der Waals surface area contributed by atoms with Crippen LogP contribution in [0, 0.1) is 0 Å². The van der Waals surface area contributed by atoms with E-state index in [4.69, 9.17) is 4.74 Å². The van der Waals surface area contributed by atoms with Crippen molar-refractivity contribution in [1.29, 1.82) is 0 Å². The molecule has 1 aliphatic carbocycles. The Morgan fingerprint density at radius 3 is 2.63 bits per heavy atom. The molecule has 2 aromatic carbocycles. The summed E-state index contributed by atoms with van der Waals surface area (Å²) >= 11 is 3.38. The molecular formula is C21H19BrN2O3. The average molecular weight is 427 g/mol. The van der Waals surface area contributed by atoms with Crippen LogP contribution in [0.25, 0.3) is 10.9 Å². The SMILES string of the molecule is O=C(CCc1nc2ccccc2c(=O)n1C1CC1)OCc1ccc(Br)cc1. The van der Waals surface area contributed by atoms with Crippen LogP contribution in [0.3, 0.4) is 0 Å². The van der Waals surface area contributed by atoms with E-state index >= 15 is 0 Å². The number of hydrogen-bond donors (Lipinski definition) is 0. The van der Waals surface area contributed by atoms with Crippen LogP contribution in [0.1, 0.15) is 36.7 Å². The van der Waals surface area contributed by atoms with Crippen LogP contribution in [0.2, 0.25) is 0 Å². The largest absolute Gasteiger partial charge is 0.461 e. The molecule has 0 aliphatic heterocycles. The molecule has 1 fully saturated rings. The Labute approximate surface area is 165 Å². The maximum atomic E-state index is 12.8. The molecule has 6 heteroatoms. The molecule has 5 nitrogen and oxygen atoms in total. The lowest BCUT2D eigenvalue weighted by Crippen LogP contribution is -2.25. The molecule has 0 atom stereocenters. The number of fused-ring (bicyclic) bond motifs is 1. The summed E-state index contributed by atoms with van der Waals surface area (Å²) in [5, 5.41) is 0.631. The van der Waals surface area contributed by atoms with Crippen LogP contribution < -0.4 is 5.56 Å². The second-order valence-corrected chi connectivity index (χ2v) is 7.65. The average Bonchev–Trinajstić information content (AvgIpc) is 3.51. The molecule has 1 aliphatic rings. The van der Waals surface area contributed by atoms with Crippen molar-refractivity contribution in [1.82, 2.24) is 9.55 Å². The predicted molar refractivity (Wildman–Crippen MR) is 107 cm³/mol. The Kier molecular flexibility index (Phi) is 5.07. The number of halogens is 1. The number of hydrogen-bond acceptors (Lipinski definition) is 4. The van der Waals surface area contributed by atoms with Crippen LogP contribution in [0.4, 0.5) is 0 Å². The van der Waals surface area contributed by atoms with Gasteiger partial charge in [-0.1, -0.05) is 40.2 Å². The van der Waals surface area contributed by atoms with Gasteiger partial charge < -0.3 is 4.74 Å². The van der Waals surface area contributed by atoms with Gasteiger partial charge in [-0.25, -0.2) is 4.98 Å². The van der Waals surface area contributed by atoms with E-state index in [0.717, 1.165) is 22.9 Å². The molecule has 0 unspecified atom stereocenters. The normalized spacial score (nSPS) is 13.7. The summed E-state index contributed by atoms with van der Waals surface area (Å²) in [6, 6.07) is 15.2. The highest BCUT2D eigenvalue weighted by atomic mass is 79.9. The minimum absolute atomic E-state index is 0.0127. The predicted octanol–water partition coefficient (Wildman–Crippen LogP) is 4.17. The van der Waals surface area contributed by atoms with Gasteiger partial charge in [0, 0.05) is 16.9 Å². The smallest absolute Gasteiger partial charge is 0.306 e. The van der Waals surface area contributed by atoms with Gasteiger partial charge in [0.2, 0.25) is 0 Å². The fourth-order valence-electron chi connectivity index (χ4n) is 3.11. The number of aromatic nitrogens is 2. The van der Waals surface area contributed by atoms with Gasteiger partial charge in [0.25, 0.3) is 5.56 Å². The lowest BCUT2D eigenvalue weighted by atomic mass is 10.2. The third kappa shape index (κ3) is 4.11. The van der Waals surface area contributed by atoms with E-state index in [1.165, 1.54) is 0 Å². The van der Waals surface area contributed by atoms with E-state index in [9.17, 15) is 9.59 Å². The molecule has 0 saturated heterocycles. The number of ether oxygens (including phenoxy) is 1. The van der Waals surface area contributed by atoms with Crippen LogP contribution in [0.15, 0.2) is 57.8 Å². The summed E-state index contributed by atoms with van der Waals surface area (Å²) < 4.78 is 8.11. The van der Waals surface area contributed by atoms with Crippen LogP contribution in [-0.2, 0) is 22.6 Å². The molecule has 0 bridgehead atoms. The number of benzene rings is 2. The van der Waals surface area contributed by atoms with Gasteiger partial charge in [0.15, 0.2) is 0 Å². The van der Waals surface area contributed by atoms with Crippen LogP contribution in [0.5, 0.6) is 0 Å². The first-order valence-corrected chi connectivity index (χ1v) is 9.81. The third-order valence-corrected chi connectivity index (χ3v) is 5.19. The molecule has 0 N–H and O–H groups in total. The van der Waals surface area contributed by atoms with E-state index in [1.54, 1.807) is 10.6 Å². The highest BCUT2D eigenvalue weighted by Crippen LogP contribution is 2.34. The summed E-state index contributed by atoms with van der Waals surface area (Å²) in [6.45, 7) is 0.243. The lowest BCUT2D eigenvalue weighted by Gasteiger charge is -2.12. The van der Waals surface area contributed by atoms with Crippen molar-refractivity contribution in [2.45, 2.75) is 38.3 Å². The molecule has 0 spiro atoms. The number of rotatable bonds is 6. The number of carbonyl (C=O) groups is 1. The minimum atomic E-state index is -0.289. The minimum Gasteiger partial charge on any atom is -0.461 e. The van der Waals surface area contributed by atoms with Gasteiger partial charge in [0.1, 0.15) is 12.4 Å². The summed E-state index contributed by atoms with van der Waals surface area (Å²) in [5.74, 6) is 0.379. The van der Waals surface area contributed by atoms with Crippen LogP contribution in [-0.4, -0.2) is 15.5 Å². The maximum Gasteiger partial charge on any atom is 0.306 e. The van der Waals surface area contributed by atoms with Crippen molar-refractivity contribution in [2.24, 2.45) is 0 Å². The highest BCUT2D eigenvalue weighted by molar-refractivity contribution is 9.10. The fraction of sp³-hybridized carbons (Fsp3) is 0.286. The van der Waals surface area contributed by atoms with Gasteiger partial charge in [-0.3, -0.25) is 14.2 Å².